The van der Waals surface area contributed by atoms with Gasteiger partial charge in [0.25, 0.3) is 0 Å². The average Bonchev–Trinajstić information content (AvgIpc) is 2.88. The summed E-state index contributed by atoms with van der Waals surface area (Å²) in [5.74, 6) is 0.674. The van der Waals surface area contributed by atoms with Crippen LogP contribution in [0.2, 0.25) is 0 Å². The van der Waals surface area contributed by atoms with Gasteiger partial charge in [-0.1, -0.05) is 37.3 Å². The molecule has 1 aromatic carbocycles. The molecule has 1 aliphatic rings. The molecule has 64 valence electrons. The first-order chi connectivity index (χ1) is 5.86. The van der Waals surface area contributed by atoms with Crippen LogP contribution in [-0.2, 0) is 11.2 Å². The molecular formula is C11H14O. The van der Waals surface area contributed by atoms with Gasteiger partial charge in [0.2, 0.25) is 0 Å². The fourth-order valence-corrected chi connectivity index (χ4v) is 1.50. The summed E-state index contributed by atoms with van der Waals surface area (Å²) in [4.78, 5) is 0. The second-order valence-corrected chi connectivity index (χ2v) is 3.54. The van der Waals surface area contributed by atoms with Crippen LogP contribution < -0.4 is 0 Å². The molecule has 2 atom stereocenters. The Hall–Kier alpha value is -0.820. The van der Waals surface area contributed by atoms with Crippen LogP contribution >= 0.6 is 0 Å². The monoisotopic (exact) mass is 162 g/mol. The largest absolute Gasteiger partial charge is 0.373 e. The van der Waals surface area contributed by atoms with Crippen LogP contribution in [0.25, 0.3) is 0 Å². The van der Waals surface area contributed by atoms with E-state index in [9.17, 15) is 0 Å². The predicted molar refractivity (Wildman–Crippen MR) is 49.1 cm³/mol. The van der Waals surface area contributed by atoms with Crippen LogP contribution in [0.15, 0.2) is 30.3 Å². The minimum absolute atomic E-state index is 0.533. The van der Waals surface area contributed by atoms with E-state index in [1.165, 1.54) is 5.56 Å². The number of hydrogen-bond acceptors (Lipinski definition) is 1. The molecule has 12 heavy (non-hydrogen) atoms. The van der Waals surface area contributed by atoms with Crippen molar-refractivity contribution < 1.29 is 4.74 Å². The molecule has 0 amide bonds. The molecule has 0 spiro atoms. The van der Waals surface area contributed by atoms with Crippen LogP contribution in [0.4, 0.5) is 0 Å². The highest BCUT2D eigenvalue weighted by molar-refractivity contribution is 5.15. The zero-order valence-corrected chi connectivity index (χ0v) is 7.36. The van der Waals surface area contributed by atoms with Crippen molar-refractivity contribution in [1.29, 1.82) is 0 Å². The molecule has 0 N–H and O–H groups in total. The van der Waals surface area contributed by atoms with E-state index < -0.39 is 0 Å². The summed E-state index contributed by atoms with van der Waals surface area (Å²) < 4.78 is 5.24. The summed E-state index contributed by atoms with van der Waals surface area (Å²) in [6.45, 7) is 3.22. The Kier molecular flexibility index (Phi) is 2.13. The normalized spacial score (nSPS) is 23.6. The first-order valence-electron chi connectivity index (χ1n) is 4.52. The highest BCUT2D eigenvalue weighted by Gasteiger charge is 2.28. The average molecular weight is 162 g/mol. The van der Waals surface area contributed by atoms with Gasteiger partial charge in [-0.15, -0.1) is 0 Å². The Morgan fingerprint density at radius 1 is 1.42 bits per heavy atom. The third kappa shape index (κ3) is 1.86. The van der Waals surface area contributed by atoms with Gasteiger partial charge >= 0.3 is 0 Å². The summed E-state index contributed by atoms with van der Waals surface area (Å²) in [6.07, 6.45) is 1.68. The second-order valence-electron chi connectivity index (χ2n) is 3.54. The van der Waals surface area contributed by atoms with Crippen LogP contribution in [0.3, 0.4) is 0 Å². The van der Waals surface area contributed by atoms with E-state index >= 15 is 0 Å². The second kappa shape index (κ2) is 3.28. The van der Waals surface area contributed by atoms with Crippen molar-refractivity contribution in [3.05, 3.63) is 35.9 Å². The molecule has 1 heterocycles. The zero-order chi connectivity index (χ0) is 8.39. The maximum Gasteiger partial charge on any atom is 0.0838 e. The first kappa shape index (κ1) is 7.81. The van der Waals surface area contributed by atoms with E-state index in [1.54, 1.807) is 0 Å². The van der Waals surface area contributed by atoms with Crippen molar-refractivity contribution in [2.75, 3.05) is 6.61 Å². The van der Waals surface area contributed by atoms with Crippen molar-refractivity contribution in [2.24, 2.45) is 5.92 Å². The molecule has 0 aliphatic carbocycles. The van der Waals surface area contributed by atoms with Crippen molar-refractivity contribution in [1.82, 2.24) is 0 Å². The molecule has 1 nitrogen and oxygen atoms in total. The van der Waals surface area contributed by atoms with Gasteiger partial charge in [-0.05, 0) is 17.9 Å². The first-order valence-corrected chi connectivity index (χ1v) is 4.52. The number of hydrogen-bond donors (Lipinski definition) is 0. The molecule has 0 radical (unpaired) electrons. The Balaban J connectivity index is 1.94. The van der Waals surface area contributed by atoms with E-state index in [-0.39, 0.29) is 0 Å². The fourth-order valence-electron chi connectivity index (χ4n) is 1.50. The smallest absolute Gasteiger partial charge is 0.0838 e. The Morgan fingerprint density at radius 2 is 2.08 bits per heavy atom. The summed E-state index contributed by atoms with van der Waals surface area (Å²) in [7, 11) is 0. The Labute approximate surface area is 73.4 Å². The standard InChI is InChI=1S/C11H14O/c1-9(11-8-12-11)7-10-5-3-2-4-6-10/h2-6,9,11H,7-8H2,1H3/t9-,11-/m1/s1. The lowest BCUT2D eigenvalue weighted by molar-refractivity contribution is 0.341. The molecule has 0 aromatic heterocycles. The van der Waals surface area contributed by atoms with E-state index in [0.717, 1.165) is 13.0 Å². The minimum atomic E-state index is 0.533. The zero-order valence-electron chi connectivity index (χ0n) is 7.36. The maximum atomic E-state index is 5.24. The topological polar surface area (TPSA) is 12.5 Å². The van der Waals surface area contributed by atoms with Gasteiger partial charge in [0.05, 0.1) is 12.7 Å². The number of benzene rings is 1. The lowest BCUT2D eigenvalue weighted by atomic mass is 9.99. The van der Waals surface area contributed by atoms with Gasteiger partial charge in [0.15, 0.2) is 0 Å². The number of rotatable bonds is 3. The fraction of sp³-hybridized carbons (Fsp3) is 0.455. The van der Waals surface area contributed by atoms with Gasteiger partial charge in [-0.2, -0.15) is 0 Å². The third-order valence-corrected chi connectivity index (χ3v) is 2.39. The molecule has 1 fully saturated rings. The summed E-state index contributed by atoms with van der Waals surface area (Å²) in [5, 5.41) is 0. The van der Waals surface area contributed by atoms with Gasteiger partial charge in [-0.25, -0.2) is 0 Å². The summed E-state index contributed by atoms with van der Waals surface area (Å²) in [5.41, 5.74) is 1.42. The van der Waals surface area contributed by atoms with Crippen LogP contribution in [0, 0.1) is 5.92 Å². The highest BCUT2D eigenvalue weighted by Crippen LogP contribution is 2.22. The lowest BCUT2D eigenvalue weighted by Gasteiger charge is -2.06. The van der Waals surface area contributed by atoms with Gasteiger partial charge in [-0.3, -0.25) is 0 Å². The van der Waals surface area contributed by atoms with Crippen LogP contribution in [-0.4, -0.2) is 12.7 Å². The molecule has 2 rings (SSSR count). The molecule has 0 unspecified atom stereocenters. The van der Waals surface area contributed by atoms with Gasteiger partial charge in [0.1, 0.15) is 0 Å². The van der Waals surface area contributed by atoms with E-state index in [1.807, 2.05) is 0 Å². The van der Waals surface area contributed by atoms with E-state index in [2.05, 4.69) is 37.3 Å². The quantitative estimate of drug-likeness (QED) is 0.621. The molecular weight excluding hydrogens is 148 g/mol. The van der Waals surface area contributed by atoms with Gasteiger partial charge in [0, 0.05) is 0 Å². The van der Waals surface area contributed by atoms with E-state index in [4.69, 9.17) is 4.74 Å². The maximum absolute atomic E-state index is 5.24. The lowest BCUT2D eigenvalue weighted by Crippen LogP contribution is -2.06. The molecule has 1 aliphatic heterocycles. The molecule has 1 saturated heterocycles. The van der Waals surface area contributed by atoms with Crippen LogP contribution in [0.5, 0.6) is 0 Å². The summed E-state index contributed by atoms with van der Waals surface area (Å²) >= 11 is 0. The Bertz CT molecular complexity index is 238. The highest BCUT2D eigenvalue weighted by atomic mass is 16.6. The Morgan fingerprint density at radius 3 is 2.67 bits per heavy atom. The summed E-state index contributed by atoms with van der Waals surface area (Å²) in [6, 6.07) is 10.6. The molecule has 0 bridgehead atoms. The van der Waals surface area contributed by atoms with Crippen molar-refractivity contribution in [2.45, 2.75) is 19.4 Å². The number of ether oxygens (including phenoxy) is 1. The van der Waals surface area contributed by atoms with Crippen LogP contribution in [0.1, 0.15) is 12.5 Å². The van der Waals surface area contributed by atoms with Crippen molar-refractivity contribution >= 4 is 0 Å². The van der Waals surface area contributed by atoms with E-state index in [0.29, 0.717) is 12.0 Å². The third-order valence-electron chi connectivity index (χ3n) is 2.39. The predicted octanol–water partition coefficient (Wildman–Crippen LogP) is 2.26. The molecule has 1 aromatic rings. The van der Waals surface area contributed by atoms with Crippen molar-refractivity contribution in [3.63, 3.8) is 0 Å². The molecule has 1 heteroatoms. The SMILES string of the molecule is C[C@H](Cc1ccccc1)[C@H]1CO1. The minimum Gasteiger partial charge on any atom is -0.373 e. The number of epoxide rings is 1. The van der Waals surface area contributed by atoms with Crippen molar-refractivity contribution in [3.8, 4) is 0 Å². The van der Waals surface area contributed by atoms with Gasteiger partial charge < -0.3 is 4.74 Å². The molecule has 0 saturated carbocycles.